The molecule has 2 aromatic heterocycles. The van der Waals surface area contributed by atoms with Crippen molar-refractivity contribution in [2.75, 3.05) is 19.5 Å². The standard InChI is InChI=1S/C20H19N5O2/c1-26-15-8-9-17(18(10-15)27-2)24-19-16-11-23-25(20(16)22-13-21-19)12-14-6-4-3-5-7-14/h3-11,13H,12H2,1-2H3,(H,21,22,24). The van der Waals surface area contributed by atoms with E-state index in [-0.39, 0.29) is 0 Å². The minimum absolute atomic E-state index is 0.645. The summed E-state index contributed by atoms with van der Waals surface area (Å²) in [6.07, 6.45) is 3.31. The van der Waals surface area contributed by atoms with Gasteiger partial charge in [0, 0.05) is 6.07 Å². The number of nitrogens with one attached hydrogen (secondary N) is 1. The molecule has 0 aliphatic heterocycles. The van der Waals surface area contributed by atoms with Crippen LogP contribution >= 0.6 is 0 Å². The number of hydrogen-bond donors (Lipinski definition) is 1. The minimum atomic E-state index is 0.645. The Morgan fingerprint density at radius 3 is 2.63 bits per heavy atom. The summed E-state index contributed by atoms with van der Waals surface area (Å²) >= 11 is 0. The van der Waals surface area contributed by atoms with Crippen LogP contribution in [0.4, 0.5) is 11.5 Å². The summed E-state index contributed by atoms with van der Waals surface area (Å²) in [7, 11) is 3.24. The van der Waals surface area contributed by atoms with Crippen LogP contribution in [0.3, 0.4) is 0 Å². The minimum Gasteiger partial charge on any atom is -0.497 e. The van der Waals surface area contributed by atoms with Gasteiger partial charge in [0.1, 0.15) is 23.6 Å². The number of fused-ring (bicyclic) bond motifs is 1. The molecule has 0 bridgehead atoms. The fourth-order valence-corrected chi connectivity index (χ4v) is 2.89. The zero-order chi connectivity index (χ0) is 18.6. The van der Waals surface area contributed by atoms with Crippen molar-refractivity contribution in [3.05, 3.63) is 66.6 Å². The van der Waals surface area contributed by atoms with Crippen molar-refractivity contribution in [1.29, 1.82) is 0 Å². The van der Waals surface area contributed by atoms with Crippen molar-refractivity contribution >= 4 is 22.5 Å². The molecule has 0 fully saturated rings. The molecular formula is C20H19N5O2. The number of nitrogens with zero attached hydrogens (tertiary/aromatic N) is 4. The molecule has 136 valence electrons. The van der Waals surface area contributed by atoms with E-state index in [2.05, 4.69) is 32.5 Å². The Labute approximate surface area is 156 Å². The van der Waals surface area contributed by atoms with Crippen molar-refractivity contribution in [1.82, 2.24) is 19.7 Å². The number of benzene rings is 2. The van der Waals surface area contributed by atoms with Crippen LogP contribution < -0.4 is 14.8 Å². The third-order valence-electron chi connectivity index (χ3n) is 4.27. The molecule has 7 heteroatoms. The van der Waals surface area contributed by atoms with Crippen molar-refractivity contribution in [2.24, 2.45) is 0 Å². The highest BCUT2D eigenvalue weighted by Gasteiger charge is 2.12. The molecule has 4 rings (SSSR count). The topological polar surface area (TPSA) is 74.1 Å². The number of rotatable bonds is 6. The molecule has 0 atom stereocenters. The van der Waals surface area contributed by atoms with Gasteiger partial charge in [0.25, 0.3) is 0 Å². The van der Waals surface area contributed by atoms with Crippen LogP contribution in [0.5, 0.6) is 11.5 Å². The number of ether oxygens (including phenoxy) is 2. The number of methoxy groups -OCH3 is 2. The second-order valence-corrected chi connectivity index (χ2v) is 5.94. The van der Waals surface area contributed by atoms with Crippen LogP contribution in [0.25, 0.3) is 11.0 Å². The maximum absolute atomic E-state index is 5.45. The lowest BCUT2D eigenvalue weighted by atomic mass is 10.2. The van der Waals surface area contributed by atoms with Gasteiger partial charge in [0.15, 0.2) is 5.65 Å². The SMILES string of the molecule is COc1ccc(Nc2ncnc3c2cnn3Cc2ccccc2)c(OC)c1. The highest BCUT2D eigenvalue weighted by Crippen LogP contribution is 2.32. The van der Waals surface area contributed by atoms with Gasteiger partial charge in [-0.25, -0.2) is 14.6 Å². The molecule has 4 aromatic rings. The lowest BCUT2D eigenvalue weighted by Gasteiger charge is -2.12. The number of anilines is 2. The van der Waals surface area contributed by atoms with Crippen LogP contribution in [0.2, 0.25) is 0 Å². The van der Waals surface area contributed by atoms with Gasteiger partial charge >= 0.3 is 0 Å². The van der Waals surface area contributed by atoms with Crippen LogP contribution in [0, 0.1) is 0 Å². The van der Waals surface area contributed by atoms with E-state index in [4.69, 9.17) is 9.47 Å². The van der Waals surface area contributed by atoms with Crippen molar-refractivity contribution in [3.63, 3.8) is 0 Å². The summed E-state index contributed by atoms with van der Waals surface area (Å²) in [6.45, 7) is 0.645. The molecule has 7 nitrogen and oxygen atoms in total. The molecule has 2 aromatic carbocycles. The van der Waals surface area contributed by atoms with Crippen LogP contribution in [-0.2, 0) is 6.54 Å². The van der Waals surface area contributed by atoms with E-state index in [1.54, 1.807) is 20.4 Å². The fourth-order valence-electron chi connectivity index (χ4n) is 2.89. The predicted molar refractivity (Wildman–Crippen MR) is 104 cm³/mol. The van der Waals surface area contributed by atoms with Crippen LogP contribution in [0.15, 0.2) is 61.1 Å². The van der Waals surface area contributed by atoms with Gasteiger partial charge in [0.05, 0.1) is 38.0 Å². The van der Waals surface area contributed by atoms with Gasteiger partial charge in [-0.3, -0.25) is 0 Å². The lowest BCUT2D eigenvalue weighted by Crippen LogP contribution is -2.03. The van der Waals surface area contributed by atoms with E-state index in [1.165, 1.54) is 6.33 Å². The van der Waals surface area contributed by atoms with Crippen LogP contribution in [-0.4, -0.2) is 34.0 Å². The molecule has 2 heterocycles. The number of aromatic nitrogens is 4. The molecular weight excluding hydrogens is 342 g/mol. The molecule has 0 unspecified atom stereocenters. The summed E-state index contributed by atoms with van der Waals surface area (Å²) in [4.78, 5) is 8.79. The summed E-state index contributed by atoms with van der Waals surface area (Å²) in [5, 5.41) is 8.63. The summed E-state index contributed by atoms with van der Waals surface area (Å²) in [6, 6.07) is 15.7. The third kappa shape index (κ3) is 3.39. The van der Waals surface area contributed by atoms with Gasteiger partial charge in [0.2, 0.25) is 0 Å². The second-order valence-electron chi connectivity index (χ2n) is 5.94. The Kier molecular flexibility index (Phi) is 4.57. The van der Waals surface area contributed by atoms with Gasteiger partial charge < -0.3 is 14.8 Å². The highest BCUT2D eigenvalue weighted by molar-refractivity contribution is 5.89. The first-order chi connectivity index (χ1) is 13.3. The molecule has 0 saturated heterocycles. The maximum atomic E-state index is 5.45. The molecule has 0 aliphatic rings. The smallest absolute Gasteiger partial charge is 0.163 e. The fraction of sp³-hybridized carbons (Fsp3) is 0.150. The van der Waals surface area contributed by atoms with E-state index in [0.717, 1.165) is 28.0 Å². The molecule has 0 saturated carbocycles. The van der Waals surface area contributed by atoms with Gasteiger partial charge in [-0.1, -0.05) is 30.3 Å². The van der Waals surface area contributed by atoms with E-state index >= 15 is 0 Å². The summed E-state index contributed by atoms with van der Waals surface area (Å²) in [5.74, 6) is 2.06. The average Bonchev–Trinajstić information content (AvgIpc) is 3.13. The second kappa shape index (κ2) is 7.33. The molecule has 1 N–H and O–H groups in total. The van der Waals surface area contributed by atoms with E-state index in [0.29, 0.717) is 18.1 Å². The zero-order valence-corrected chi connectivity index (χ0v) is 15.1. The zero-order valence-electron chi connectivity index (χ0n) is 15.1. The Morgan fingerprint density at radius 2 is 1.85 bits per heavy atom. The Balaban J connectivity index is 1.67. The van der Waals surface area contributed by atoms with E-state index in [9.17, 15) is 0 Å². The quantitative estimate of drug-likeness (QED) is 0.565. The summed E-state index contributed by atoms with van der Waals surface area (Å²) < 4.78 is 12.6. The van der Waals surface area contributed by atoms with Gasteiger partial charge in [-0.15, -0.1) is 0 Å². The molecule has 0 aliphatic carbocycles. The predicted octanol–water partition coefficient (Wildman–Crippen LogP) is 3.64. The highest BCUT2D eigenvalue weighted by atomic mass is 16.5. The normalized spacial score (nSPS) is 10.7. The first-order valence-electron chi connectivity index (χ1n) is 8.48. The van der Waals surface area contributed by atoms with E-state index in [1.807, 2.05) is 41.1 Å². The molecule has 0 spiro atoms. The molecule has 0 radical (unpaired) electrons. The number of hydrogen-bond acceptors (Lipinski definition) is 6. The first kappa shape index (κ1) is 16.8. The van der Waals surface area contributed by atoms with Crippen LogP contribution in [0.1, 0.15) is 5.56 Å². The van der Waals surface area contributed by atoms with Crippen molar-refractivity contribution in [2.45, 2.75) is 6.54 Å². The Bertz CT molecular complexity index is 1060. The average molecular weight is 361 g/mol. The first-order valence-corrected chi connectivity index (χ1v) is 8.48. The molecule has 0 amide bonds. The molecule has 27 heavy (non-hydrogen) atoms. The Morgan fingerprint density at radius 1 is 1.00 bits per heavy atom. The van der Waals surface area contributed by atoms with Gasteiger partial charge in [-0.05, 0) is 17.7 Å². The van der Waals surface area contributed by atoms with E-state index < -0.39 is 0 Å². The van der Waals surface area contributed by atoms with Crippen molar-refractivity contribution in [3.8, 4) is 11.5 Å². The third-order valence-corrected chi connectivity index (χ3v) is 4.27. The van der Waals surface area contributed by atoms with Gasteiger partial charge in [-0.2, -0.15) is 5.10 Å². The monoisotopic (exact) mass is 361 g/mol. The largest absolute Gasteiger partial charge is 0.497 e. The summed E-state index contributed by atoms with van der Waals surface area (Å²) in [5.41, 5.74) is 2.71. The lowest BCUT2D eigenvalue weighted by molar-refractivity contribution is 0.395. The Hall–Kier alpha value is -3.61. The maximum Gasteiger partial charge on any atom is 0.163 e. The van der Waals surface area contributed by atoms with Crippen molar-refractivity contribution < 1.29 is 9.47 Å².